The van der Waals surface area contributed by atoms with Gasteiger partial charge < -0.3 is 14.9 Å². The zero-order chi connectivity index (χ0) is 10.4. The Morgan fingerprint density at radius 2 is 2.43 bits per heavy atom. The zero-order valence-corrected chi connectivity index (χ0v) is 8.05. The Morgan fingerprint density at radius 1 is 1.64 bits per heavy atom. The molecule has 0 saturated heterocycles. The van der Waals surface area contributed by atoms with Crippen LogP contribution in [-0.4, -0.2) is 27.7 Å². The smallest absolute Gasteiger partial charge is 0.390 e. The van der Waals surface area contributed by atoms with Crippen molar-refractivity contribution in [3.63, 3.8) is 0 Å². The molecule has 0 N–H and O–H groups in total. The van der Waals surface area contributed by atoms with Gasteiger partial charge in [0.15, 0.2) is 0 Å². The molecule has 6 nitrogen and oxygen atoms in total. The van der Waals surface area contributed by atoms with Gasteiger partial charge in [0.05, 0.1) is 13.2 Å². The lowest BCUT2D eigenvalue weighted by molar-refractivity contribution is -0.396. The summed E-state index contributed by atoms with van der Waals surface area (Å²) in [5.74, 6) is -0.134. The van der Waals surface area contributed by atoms with E-state index in [4.69, 9.17) is 4.74 Å². The van der Waals surface area contributed by atoms with E-state index in [1.165, 1.54) is 10.8 Å². The van der Waals surface area contributed by atoms with Gasteiger partial charge in [-0.3, -0.25) is 0 Å². The van der Waals surface area contributed by atoms with Crippen molar-refractivity contribution >= 4 is 5.95 Å². The van der Waals surface area contributed by atoms with Gasteiger partial charge in [-0.05, 0) is 11.3 Å². The molecule has 78 valence electrons. The van der Waals surface area contributed by atoms with E-state index < -0.39 is 4.92 Å². The van der Waals surface area contributed by atoms with E-state index in [-0.39, 0.29) is 5.95 Å². The number of hydrogen-bond acceptors (Lipinski definition) is 4. The maximum atomic E-state index is 10.5. The van der Waals surface area contributed by atoms with Gasteiger partial charge in [-0.1, -0.05) is 11.9 Å². The van der Waals surface area contributed by atoms with E-state index in [0.717, 1.165) is 6.42 Å². The van der Waals surface area contributed by atoms with Crippen molar-refractivity contribution in [2.75, 3.05) is 13.2 Å². The van der Waals surface area contributed by atoms with Crippen molar-refractivity contribution in [3.8, 4) is 0 Å². The minimum Gasteiger partial charge on any atom is -0.390 e. The molecule has 0 aliphatic carbocycles. The highest BCUT2D eigenvalue weighted by atomic mass is 16.6. The molecule has 0 aromatic carbocycles. The molecule has 0 aliphatic rings. The van der Waals surface area contributed by atoms with Gasteiger partial charge in [0.1, 0.15) is 12.4 Å². The van der Waals surface area contributed by atoms with Crippen molar-refractivity contribution in [1.82, 2.24) is 9.55 Å². The number of rotatable bonds is 6. The molecule has 1 rings (SSSR count). The maximum absolute atomic E-state index is 10.5. The molecule has 6 heteroatoms. The first-order chi connectivity index (χ1) is 6.75. The largest absolute Gasteiger partial charge is 0.434 e. The summed E-state index contributed by atoms with van der Waals surface area (Å²) in [6.45, 7) is 3.64. The molecule has 1 aromatic heterocycles. The molecule has 1 heterocycles. The molecule has 0 atom stereocenters. The lowest BCUT2D eigenvalue weighted by Gasteiger charge is -2.02. The van der Waals surface area contributed by atoms with Gasteiger partial charge in [0.25, 0.3) is 0 Å². The maximum Gasteiger partial charge on any atom is 0.434 e. The van der Waals surface area contributed by atoms with Crippen LogP contribution in [0.15, 0.2) is 12.4 Å². The SMILES string of the molecule is CCCOCCn1ccnc1[N+](=O)[O-]. The molecule has 0 unspecified atom stereocenters. The van der Waals surface area contributed by atoms with Crippen LogP contribution in [0.1, 0.15) is 13.3 Å². The monoisotopic (exact) mass is 199 g/mol. The number of ether oxygens (including phenoxy) is 1. The summed E-state index contributed by atoms with van der Waals surface area (Å²) < 4.78 is 6.69. The van der Waals surface area contributed by atoms with Crippen LogP contribution in [0.25, 0.3) is 0 Å². The van der Waals surface area contributed by atoms with Crippen molar-refractivity contribution in [3.05, 3.63) is 22.5 Å². The number of nitrogens with zero attached hydrogens (tertiary/aromatic N) is 3. The van der Waals surface area contributed by atoms with Crippen LogP contribution >= 0.6 is 0 Å². The lowest BCUT2D eigenvalue weighted by atomic mass is 10.5. The van der Waals surface area contributed by atoms with Crippen LogP contribution in [0, 0.1) is 10.1 Å². The Labute approximate surface area is 81.7 Å². The zero-order valence-electron chi connectivity index (χ0n) is 8.05. The summed E-state index contributed by atoms with van der Waals surface area (Å²) in [5.41, 5.74) is 0. The minimum absolute atomic E-state index is 0.134. The van der Waals surface area contributed by atoms with Gasteiger partial charge in [-0.2, -0.15) is 0 Å². The van der Waals surface area contributed by atoms with Crippen molar-refractivity contribution in [2.24, 2.45) is 0 Å². The normalized spacial score (nSPS) is 10.4. The predicted molar refractivity (Wildman–Crippen MR) is 50.0 cm³/mol. The van der Waals surface area contributed by atoms with E-state index in [0.29, 0.717) is 19.8 Å². The van der Waals surface area contributed by atoms with Crippen LogP contribution in [0.2, 0.25) is 0 Å². The predicted octanol–water partition coefficient (Wildman–Crippen LogP) is 1.22. The highest BCUT2D eigenvalue weighted by Crippen LogP contribution is 2.06. The number of imidazole rings is 1. The van der Waals surface area contributed by atoms with Crippen LogP contribution in [-0.2, 0) is 11.3 Å². The average Bonchev–Trinajstić information content (AvgIpc) is 2.60. The molecule has 0 saturated carbocycles. The molecule has 1 aromatic rings. The van der Waals surface area contributed by atoms with Crippen LogP contribution in [0.5, 0.6) is 0 Å². The summed E-state index contributed by atoms with van der Waals surface area (Å²) >= 11 is 0. The van der Waals surface area contributed by atoms with Gasteiger partial charge in [-0.25, -0.2) is 4.57 Å². The first-order valence-corrected chi connectivity index (χ1v) is 4.49. The third kappa shape index (κ3) is 2.81. The van der Waals surface area contributed by atoms with E-state index >= 15 is 0 Å². The fourth-order valence-electron chi connectivity index (χ4n) is 1.06. The second-order valence-electron chi connectivity index (χ2n) is 2.79. The first-order valence-electron chi connectivity index (χ1n) is 4.49. The molecule has 0 radical (unpaired) electrons. The first kappa shape index (κ1) is 10.6. The molecular weight excluding hydrogens is 186 g/mol. The fraction of sp³-hybridized carbons (Fsp3) is 0.625. The standard InChI is InChI=1S/C8H13N3O3/c1-2-6-14-7-5-10-4-3-9-8(10)11(12)13/h3-4H,2,5-7H2,1H3. The summed E-state index contributed by atoms with van der Waals surface area (Å²) in [5, 5.41) is 10.5. The second-order valence-corrected chi connectivity index (χ2v) is 2.79. The van der Waals surface area contributed by atoms with E-state index in [2.05, 4.69) is 4.98 Å². The summed E-state index contributed by atoms with van der Waals surface area (Å²) in [7, 11) is 0. The second kappa shape index (κ2) is 5.33. The Bertz CT molecular complexity index is 298. The Balaban J connectivity index is 2.42. The van der Waals surface area contributed by atoms with Gasteiger partial charge in [-0.15, -0.1) is 0 Å². The molecular formula is C8H13N3O3. The van der Waals surface area contributed by atoms with Gasteiger partial charge >= 0.3 is 5.95 Å². The van der Waals surface area contributed by atoms with E-state index in [1.54, 1.807) is 6.20 Å². The topological polar surface area (TPSA) is 70.2 Å². The fourth-order valence-corrected chi connectivity index (χ4v) is 1.06. The molecule has 14 heavy (non-hydrogen) atoms. The Morgan fingerprint density at radius 3 is 3.07 bits per heavy atom. The van der Waals surface area contributed by atoms with Crippen LogP contribution in [0.3, 0.4) is 0 Å². The minimum atomic E-state index is -0.500. The summed E-state index contributed by atoms with van der Waals surface area (Å²) in [6, 6.07) is 0. The number of nitro groups is 1. The van der Waals surface area contributed by atoms with E-state index in [1.807, 2.05) is 6.92 Å². The average molecular weight is 199 g/mol. The number of hydrogen-bond donors (Lipinski definition) is 0. The van der Waals surface area contributed by atoms with Crippen molar-refractivity contribution < 1.29 is 9.66 Å². The highest BCUT2D eigenvalue weighted by molar-refractivity contribution is 5.06. The summed E-state index contributed by atoms with van der Waals surface area (Å²) in [4.78, 5) is 13.6. The Hall–Kier alpha value is -1.43. The molecule has 0 bridgehead atoms. The van der Waals surface area contributed by atoms with Crippen LogP contribution < -0.4 is 0 Å². The Kier molecular flexibility index (Phi) is 4.06. The summed E-state index contributed by atoms with van der Waals surface area (Å²) in [6.07, 6.45) is 3.94. The highest BCUT2D eigenvalue weighted by Gasteiger charge is 2.12. The van der Waals surface area contributed by atoms with E-state index in [9.17, 15) is 10.1 Å². The van der Waals surface area contributed by atoms with Gasteiger partial charge in [0.2, 0.25) is 0 Å². The van der Waals surface area contributed by atoms with Crippen molar-refractivity contribution in [2.45, 2.75) is 19.9 Å². The van der Waals surface area contributed by atoms with Gasteiger partial charge in [0, 0.05) is 6.61 Å². The lowest BCUT2D eigenvalue weighted by Crippen LogP contribution is -2.08. The van der Waals surface area contributed by atoms with Crippen LogP contribution in [0.4, 0.5) is 5.95 Å². The third-order valence-electron chi connectivity index (χ3n) is 1.68. The molecule has 0 fully saturated rings. The molecule has 0 spiro atoms. The quantitative estimate of drug-likeness (QED) is 0.392. The third-order valence-corrected chi connectivity index (χ3v) is 1.68. The molecule has 0 aliphatic heterocycles. The molecule has 0 amide bonds. The van der Waals surface area contributed by atoms with Crippen molar-refractivity contribution in [1.29, 1.82) is 0 Å². The number of aromatic nitrogens is 2.